The lowest BCUT2D eigenvalue weighted by Crippen LogP contribution is -2.24. The number of unbranched alkanes of at least 4 members (excludes halogenated alkanes) is 4. The summed E-state index contributed by atoms with van der Waals surface area (Å²) in [5, 5.41) is 21.2. The summed E-state index contributed by atoms with van der Waals surface area (Å²) in [6.07, 6.45) is 8.07. The van der Waals surface area contributed by atoms with Crippen LogP contribution in [0.2, 0.25) is 0 Å². The fourth-order valence-electron chi connectivity index (χ4n) is 2.61. The predicted octanol–water partition coefficient (Wildman–Crippen LogP) is 3.15. The summed E-state index contributed by atoms with van der Waals surface area (Å²) < 4.78 is 0. The highest BCUT2D eigenvalue weighted by atomic mass is 16.4. The number of phenols is 1. The van der Waals surface area contributed by atoms with Gasteiger partial charge in [-0.05, 0) is 42.4 Å². The van der Waals surface area contributed by atoms with Crippen LogP contribution in [0.1, 0.15) is 69.1 Å². The van der Waals surface area contributed by atoms with E-state index in [-0.39, 0.29) is 6.42 Å². The SMILES string of the molecule is CCCCCc1cc(CC(=O)[O-])cc(CCCCC)c1O. The van der Waals surface area contributed by atoms with Gasteiger partial charge in [0.05, 0.1) is 0 Å². The van der Waals surface area contributed by atoms with E-state index in [1.54, 1.807) is 0 Å². The van der Waals surface area contributed by atoms with Gasteiger partial charge in [0.1, 0.15) is 5.75 Å². The van der Waals surface area contributed by atoms with E-state index < -0.39 is 5.97 Å². The molecule has 0 amide bonds. The molecule has 118 valence electrons. The van der Waals surface area contributed by atoms with Crippen LogP contribution >= 0.6 is 0 Å². The molecule has 0 spiro atoms. The summed E-state index contributed by atoms with van der Waals surface area (Å²) in [5.74, 6) is -0.705. The maximum atomic E-state index is 10.8. The van der Waals surface area contributed by atoms with E-state index in [2.05, 4.69) is 13.8 Å². The van der Waals surface area contributed by atoms with Crippen LogP contribution in [-0.2, 0) is 24.1 Å². The summed E-state index contributed by atoms with van der Waals surface area (Å²) >= 11 is 0. The van der Waals surface area contributed by atoms with Crippen molar-refractivity contribution >= 4 is 5.97 Å². The second-order valence-electron chi connectivity index (χ2n) is 5.73. The molecule has 1 aromatic rings. The largest absolute Gasteiger partial charge is 0.550 e. The zero-order chi connectivity index (χ0) is 15.7. The van der Waals surface area contributed by atoms with Crippen molar-refractivity contribution in [1.29, 1.82) is 0 Å². The van der Waals surface area contributed by atoms with Crippen molar-refractivity contribution in [3.63, 3.8) is 0 Å². The standard InChI is InChI=1S/C18H28O3/c1-3-5-7-9-15-11-14(13-17(19)20)12-16(18(15)21)10-8-6-4-2/h11-12,21H,3-10,13H2,1-2H3,(H,19,20)/p-1. The topological polar surface area (TPSA) is 60.4 Å². The van der Waals surface area contributed by atoms with Crippen LogP contribution in [-0.4, -0.2) is 11.1 Å². The van der Waals surface area contributed by atoms with Crippen LogP contribution < -0.4 is 5.11 Å². The molecule has 0 atom stereocenters. The first-order valence-corrected chi connectivity index (χ1v) is 8.11. The molecule has 0 bridgehead atoms. The van der Waals surface area contributed by atoms with Gasteiger partial charge in [-0.3, -0.25) is 0 Å². The Labute approximate surface area is 128 Å². The Hall–Kier alpha value is -1.51. The van der Waals surface area contributed by atoms with Crippen molar-refractivity contribution in [3.8, 4) is 5.75 Å². The molecule has 0 saturated heterocycles. The Morgan fingerprint density at radius 3 is 1.86 bits per heavy atom. The van der Waals surface area contributed by atoms with Crippen molar-refractivity contribution in [3.05, 3.63) is 28.8 Å². The van der Waals surface area contributed by atoms with E-state index >= 15 is 0 Å². The highest BCUT2D eigenvalue weighted by Crippen LogP contribution is 2.28. The van der Waals surface area contributed by atoms with Gasteiger partial charge in [-0.15, -0.1) is 0 Å². The number of carbonyl (C=O) groups excluding carboxylic acids is 1. The Balaban J connectivity index is 2.91. The summed E-state index contributed by atoms with van der Waals surface area (Å²) in [4.78, 5) is 10.8. The highest BCUT2D eigenvalue weighted by Gasteiger charge is 2.10. The van der Waals surface area contributed by atoms with Crippen LogP contribution in [0.3, 0.4) is 0 Å². The lowest BCUT2D eigenvalue weighted by atomic mass is 9.95. The molecule has 0 radical (unpaired) electrons. The molecule has 0 fully saturated rings. The van der Waals surface area contributed by atoms with Crippen molar-refractivity contribution in [1.82, 2.24) is 0 Å². The van der Waals surface area contributed by atoms with Gasteiger partial charge in [0, 0.05) is 12.4 Å². The average molecular weight is 291 g/mol. The molecule has 0 aliphatic rings. The molecular formula is C18H27O3-. The smallest absolute Gasteiger partial charge is 0.121 e. The van der Waals surface area contributed by atoms with Gasteiger partial charge in [0.25, 0.3) is 0 Å². The van der Waals surface area contributed by atoms with Crippen LogP contribution in [0.5, 0.6) is 5.75 Å². The predicted molar refractivity (Wildman–Crippen MR) is 83.3 cm³/mol. The van der Waals surface area contributed by atoms with Crippen LogP contribution in [0.25, 0.3) is 0 Å². The van der Waals surface area contributed by atoms with Gasteiger partial charge in [-0.1, -0.05) is 51.7 Å². The third-order valence-electron chi connectivity index (χ3n) is 3.78. The number of phenolic OH excluding ortho intramolecular Hbond substituents is 1. The number of carboxylic acid groups (broad SMARTS) is 1. The monoisotopic (exact) mass is 291 g/mol. The molecule has 3 nitrogen and oxygen atoms in total. The molecule has 1 N–H and O–H groups in total. The van der Waals surface area contributed by atoms with E-state index in [1.165, 1.54) is 0 Å². The molecule has 1 rings (SSSR count). The third-order valence-corrected chi connectivity index (χ3v) is 3.78. The van der Waals surface area contributed by atoms with Crippen molar-refractivity contribution in [2.45, 2.75) is 71.6 Å². The molecule has 0 aromatic heterocycles. The Kier molecular flexibility index (Phi) is 7.88. The lowest BCUT2D eigenvalue weighted by molar-refractivity contribution is -0.304. The molecule has 0 saturated carbocycles. The fraction of sp³-hybridized carbons (Fsp3) is 0.611. The molecular weight excluding hydrogens is 264 g/mol. The van der Waals surface area contributed by atoms with Crippen LogP contribution in [0.15, 0.2) is 12.1 Å². The number of carbonyl (C=O) groups is 1. The highest BCUT2D eigenvalue weighted by molar-refractivity contribution is 5.68. The van der Waals surface area contributed by atoms with Crippen molar-refractivity contribution in [2.24, 2.45) is 0 Å². The second-order valence-corrected chi connectivity index (χ2v) is 5.73. The Morgan fingerprint density at radius 2 is 1.48 bits per heavy atom. The minimum atomic E-state index is -1.07. The molecule has 3 heteroatoms. The Bertz CT molecular complexity index is 421. The number of rotatable bonds is 10. The van der Waals surface area contributed by atoms with Gasteiger partial charge < -0.3 is 15.0 Å². The molecule has 0 aliphatic carbocycles. The van der Waals surface area contributed by atoms with E-state index in [1.807, 2.05) is 12.1 Å². The summed E-state index contributed by atoms with van der Waals surface area (Å²) in [5.41, 5.74) is 2.51. The normalized spacial score (nSPS) is 10.8. The zero-order valence-corrected chi connectivity index (χ0v) is 13.3. The molecule has 0 aliphatic heterocycles. The molecule has 0 heterocycles. The number of carboxylic acids is 1. The first kappa shape index (κ1) is 17.5. The van der Waals surface area contributed by atoms with E-state index in [9.17, 15) is 15.0 Å². The second kappa shape index (κ2) is 9.43. The maximum absolute atomic E-state index is 10.8. The number of aromatic hydroxyl groups is 1. The molecule has 0 unspecified atom stereocenters. The van der Waals surface area contributed by atoms with Crippen LogP contribution in [0.4, 0.5) is 0 Å². The van der Waals surface area contributed by atoms with E-state index in [0.717, 1.165) is 68.1 Å². The van der Waals surface area contributed by atoms with E-state index in [4.69, 9.17) is 0 Å². The maximum Gasteiger partial charge on any atom is 0.121 e. The first-order valence-electron chi connectivity index (χ1n) is 8.11. The summed E-state index contributed by atoms with van der Waals surface area (Å²) in [6.45, 7) is 4.28. The quantitative estimate of drug-likeness (QED) is 0.674. The summed E-state index contributed by atoms with van der Waals surface area (Å²) in [6, 6.07) is 3.65. The van der Waals surface area contributed by atoms with Gasteiger partial charge in [0.15, 0.2) is 0 Å². The zero-order valence-electron chi connectivity index (χ0n) is 13.3. The van der Waals surface area contributed by atoms with Crippen LogP contribution in [0, 0.1) is 0 Å². The Morgan fingerprint density at radius 1 is 1.00 bits per heavy atom. The average Bonchev–Trinajstić information content (AvgIpc) is 2.43. The minimum Gasteiger partial charge on any atom is -0.550 e. The van der Waals surface area contributed by atoms with Gasteiger partial charge in [0.2, 0.25) is 0 Å². The minimum absolute atomic E-state index is 0.0815. The lowest BCUT2D eigenvalue weighted by Gasteiger charge is -2.14. The van der Waals surface area contributed by atoms with E-state index in [0.29, 0.717) is 5.75 Å². The van der Waals surface area contributed by atoms with Gasteiger partial charge >= 0.3 is 0 Å². The molecule has 1 aromatic carbocycles. The first-order chi connectivity index (χ1) is 10.1. The number of hydrogen-bond acceptors (Lipinski definition) is 3. The number of benzene rings is 1. The number of aliphatic carboxylic acids is 1. The number of aryl methyl sites for hydroxylation is 2. The van der Waals surface area contributed by atoms with Crippen molar-refractivity contribution < 1.29 is 15.0 Å². The number of hydrogen-bond donors (Lipinski definition) is 1. The third kappa shape index (κ3) is 6.19. The molecule has 21 heavy (non-hydrogen) atoms. The van der Waals surface area contributed by atoms with Gasteiger partial charge in [-0.2, -0.15) is 0 Å². The van der Waals surface area contributed by atoms with Crippen molar-refractivity contribution in [2.75, 3.05) is 0 Å². The van der Waals surface area contributed by atoms with Gasteiger partial charge in [-0.25, -0.2) is 0 Å². The summed E-state index contributed by atoms with van der Waals surface area (Å²) in [7, 11) is 0. The fourth-order valence-corrected chi connectivity index (χ4v) is 2.61.